The van der Waals surface area contributed by atoms with Crippen LogP contribution in [0.3, 0.4) is 0 Å². The highest BCUT2D eigenvalue weighted by molar-refractivity contribution is 6.11. The normalized spacial score (nSPS) is 12.8. The van der Waals surface area contributed by atoms with Gasteiger partial charge < -0.3 is 13.9 Å². The van der Waals surface area contributed by atoms with Gasteiger partial charge in [0.1, 0.15) is 0 Å². The third-order valence-electron chi connectivity index (χ3n) is 8.87. The van der Waals surface area contributed by atoms with Crippen LogP contribution < -0.4 is 0 Å². The van der Waals surface area contributed by atoms with E-state index in [0.717, 1.165) is 33.2 Å². The van der Waals surface area contributed by atoms with Crippen LogP contribution in [0, 0.1) is 6.57 Å². The van der Waals surface area contributed by atoms with E-state index in [9.17, 15) is 0 Å². The molecule has 8 aromatic rings. The highest BCUT2D eigenvalue weighted by Crippen LogP contribution is 2.40. The molecule has 0 unspecified atom stereocenters. The number of ether oxygens (including phenoxy) is 1. The minimum absolute atomic E-state index is 0.566. The lowest BCUT2D eigenvalue weighted by molar-refractivity contribution is 0.110. The monoisotopic (exact) mass is 551 g/mol. The van der Waals surface area contributed by atoms with E-state index in [2.05, 4.69) is 129 Å². The molecule has 4 nitrogen and oxygen atoms in total. The van der Waals surface area contributed by atoms with Gasteiger partial charge in [-0.3, -0.25) is 0 Å². The van der Waals surface area contributed by atoms with Crippen molar-refractivity contribution in [2.24, 2.45) is 0 Å². The molecule has 0 saturated carbocycles. The van der Waals surface area contributed by atoms with Gasteiger partial charge >= 0.3 is 0 Å². The summed E-state index contributed by atoms with van der Waals surface area (Å²) in [6.07, 6.45) is 0. The lowest BCUT2D eigenvalue weighted by Crippen LogP contribution is -1.99. The van der Waals surface area contributed by atoms with Crippen molar-refractivity contribution in [1.82, 2.24) is 9.13 Å². The Labute approximate surface area is 248 Å². The van der Waals surface area contributed by atoms with Crippen LogP contribution in [0.2, 0.25) is 0 Å². The lowest BCUT2D eigenvalue weighted by atomic mass is 9.95. The Hall–Kier alpha value is -5.63. The SMILES string of the molecule is [C-]#[N+]c1ccc2c(c1)c1ccccc1n2-c1ccc2c(c1)-c1cc(-n3c4ccccc4c4ccccc43)ccc1COC2. The average molecular weight is 552 g/mol. The fourth-order valence-electron chi connectivity index (χ4n) is 6.94. The summed E-state index contributed by atoms with van der Waals surface area (Å²) in [4.78, 5) is 3.69. The zero-order valence-electron chi connectivity index (χ0n) is 23.3. The molecule has 0 amide bonds. The molecular weight excluding hydrogens is 526 g/mol. The maximum Gasteiger partial charge on any atom is 0.188 e. The first-order valence-corrected chi connectivity index (χ1v) is 14.5. The Bertz CT molecular complexity index is 2400. The molecule has 1 aliphatic rings. The number of benzene rings is 6. The first-order valence-electron chi connectivity index (χ1n) is 14.5. The predicted molar refractivity (Wildman–Crippen MR) is 175 cm³/mol. The zero-order chi connectivity index (χ0) is 28.5. The lowest BCUT2D eigenvalue weighted by Gasteiger charge is -2.16. The van der Waals surface area contributed by atoms with Crippen LogP contribution in [0.4, 0.5) is 5.69 Å². The summed E-state index contributed by atoms with van der Waals surface area (Å²) in [5.74, 6) is 0. The van der Waals surface area contributed by atoms with E-state index in [1.807, 2.05) is 12.1 Å². The van der Waals surface area contributed by atoms with Crippen molar-refractivity contribution >= 4 is 49.3 Å². The summed E-state index contributed by atoms with van der Waals surface area (Å²) in [5.41, 5.74) is 12.3. The van der Waals surface area contributed by atoms with E-state index < -0.39 is 0 Å². The molecule has 202 valence electrons. The van der Waals surface area contributed by atoms with Gasteiger partial charge in [0.15, 0.2) is 5.69 Å². The molecular formula is C39H25N3O. The Kier molecular flexibility index (Phi) is 5.13. The van der Waals surface area contributed by atoms with E-state index in [1.165, 1.54) is 44.1 Å². The average Bonchev–Trinajstić information content (AvgIpc) is 3.50. The molecule has 0 saturated heterocycles. The summed E-state index contributed by atoms with van der Waals surface area (Å²) in [7, 11) is 0. The molecule has 0 aliphatic carbocycles. The fraction of sp³-hybridized carbons (Fsp3) is 0.0513. The van der Waals surface area contributed by atoms with Crippen molar-refractivity contribution in [3.8, 4) is 22.5 Å². The van der Waals surface area contributed by atoms with Crippen LogP contribution >= 0.6 is 0 Å². The third-order valence-corrected chi connectivity index (χ3v) is 8.87. The quantitative estimate of drug-likeness (QED) is 0.196. The number of para-hydroxylation sites is 3. The molecule has 0 radical (unpaired) electrons. The molecule has 3 heterocycles. The summed E-state index contributed by atoms with van der Waals surface area (Å²) in [6, 6.07) is 45.2. The highest BCUT2D eigenvalue weighted by Gasteiger charge is 2.20. The Morgan fingerprint density at radius 3 is 1.47 bits per heavy atom. The van der Waals surface area contributed by atoms with Gasteiger partial charge in [0, 0.05) is 27.5 Å². The second-order valence-electron chi connectivity index (χ2n) is 11.2. The molecule has 43 heavy (non-hydrogen) atoms. The second kappa shape index (κ2) is 9.19. The smallest absolute Gasteiger partial charge is 0.188 e. The van der Waals surface area contributed by atoms with Gasteiger partial charge in [-0.15, -0.1) is 0 Å². The first kappa shape index (κ1) is 24.0. The Morgan fingerprint density at radius 2 is 0.953 bits per heavy atom. The van der Waals surface area contributed by atoms with Crippen LogP contribution in [-0.4, -0.2) is 9.13 Å². The van der Waals surface area contributed by atoms with Crippen molar-refractivity contribution in [2.75, 3.05) is 0 Å². The second-order valence-corrected chi connectivity index (χ2v) is 11.2. The van der Waals surface area contributed by atoms with Crippen molar-refractivity contribution in [2.45, 2.75) is 13.2 Å². The molecule has 0 bridgehead atoms. The summed E-state index contributed by atoms with van der Waals surface area (Å²) < 4.78 is 10.9. The molecule has 0 N–H and O–H groups in total. The number of hydrogen-bond acceptors (Lipinski definition) is 1. The van der Waals surface area contributed by atoms with Gasteiger partial charge in [-0.25, -0.2) is 4.85 Å². The largest absolute Gasteiger partial charge is 0.372 e. The third kappa shape index (κ3) is 3.53. The van der Waals surface area contributed by atoms with Gasteiger partial charge in [0.2, 0.25) is 0 Å². The Morgan fingerprint density at radius 1 is 0.488 bits per heavy atom. The number of fused-ring (bicyclic) bond motifs is 9. The van der Waals surface area contributed by atoms with Gasteiger partial charge in [-0.2, -0.15) is 0 Å². The molecule has 0 atom stereocenters. The van der Waals surface area contributed by atoms with E-state index >= 15 is 0 Å². The predicted octanol–water partition coefficient (Wildman–Crippen LogP) is 10.1. The maximum absolute atomic E-state index is 7.55. The molecule has 4 heteroatoms. The Balaban J connectivity index is 1.29. The van der Waals surface area contributed by atoms with Crippen LogP contribution in [-0.2, 0) is 18.0 Å². The topological polar surface area (TPSA) is 23.4 Å². The molecule has 9 rings (SSSR count). The number of nitrogens with zero attached hydrogens (tertiary/aromatic N) is 3. The van der Waals surface area contributed by atoms with Gasteiger partial charge in [0.25, 0.3) is 0 Å². The van der Waals surface area contributed by atoms with Gasteiger partial charge in [-0.05, 0) is 82.2 Å². The summed E-state index contributed by atoms with van der Waals surface area (Å²) in [5, 5.41) is 4.75. The minimum Gasteiger partial charge on any atom is -0.372 e. The van der Waals surface area contributed by atoms with E-state index in [-0.39, 0.29) is 0 Å². The number of aromatic nitrogens is 2. The first-order chi connectivity index (χ1) is 21.3. The van der Waals surface area contributed by atoms with Crippen LogP contribution in [0.15, 0.2) is 127 Å². The van der Waals surface area contributed by atoms with Crippen molar-refractivity contribution in [3.05, 3.63) is 150 Å². The van der Waals surface area contributed by atoms with Gasteiger partial charge in [0.05, 0.1) is 41.9 Å². The molecule has 0 fully saturated rings. The highest BCUT2D eigenvalue weighted by atomic mass is 16.5. The number of rotatable bonds is 2. The van der Waals surface area contributed by atoms with E-state index in [4.69, 9.17) is 11.3 Å². The van der Waals surface area contributed by atoms with Crippen molar-refractivity contribution < 1.29 is 4.74 Å². The molecule has 6 aromatic carbocycles. The minimum atomic E-state index is 0.566. The maximum atomic E-state index is 7.55. The van der Waals surface area contributed by atoms with Crippen molar-refractivity contribution in [3.63, 3.8) is 0 Å². The van der Waals surface area contributed by atoms with Crippen LogP contribution in [0.5, 0.6) is 0 Å². The van der Waals surface area contributed by atoms with Crippen LogP contribution in [0.1, 0.15) is 11.1 Å². The zero-order valence-corrected chi connectivity index (χ0v) is 23.3. The van der Waals surface area contributed by atoms with Gasteiger partial charge in [-0.1, -0.05) is 72.8 Å². The molecule has 1 aliphatic heterocycles. The molecule has 2 aromatic heterocycles. The fourth-order valence-corrected chi connectivity index (χ4v) is 6.94. The number of hydrogen-bond donors (Lipinski definition) is 0. The van der Waals surface area contributed by atoms with E-state index in [0.29, 0.717) is 18.9 Å². The summed E-state index contributed by atoms with van der Waals surface area (Å²) in [6.45, 7) is 8.69. The molecule has 0 spiro atoms. The van der Waals surface area contributed by atoms with E-state index in [1.54, 1.807) is 0 Å². The summed E-state index contributed by atoms with van der Waals surface area (Å²) >= 11 is 0. The van der Waals surface area contributed by atoms with Crippen LogP contribution in [0.25, 0.3) is 71.0 Å². The van der Waals surface area contributed by atoms with Crippen molar-refractivity contribution in [1.29, 1.82) is 0 Å². The standard InChI is InChI=1S/C39H25N3O/c1-40-27-16-19-39-35(20-27)32-10-4-7-13-38(32)42(39)29-18-15-26-24-43-23-25-14-17-28(21-33(25)34(26)22-29)41-36-11-5-2-8-30(36)31-9-3-6-12-37(31)41/h2-22H,23-24H2.